The molecule has 0 aromatic rings. The second-order valence-corrected chi connectivity index (χ2v) is 3.18. The highest BCUT2D eigenvalue weighted by Crippen LogP contribution is 1.96. The molecule has 0 spiro atoms. The molecule has 0 aliphatic carbocycles. The first kappa shape index (κ1) is 11.8. The van der Waals surface area contributed by atoms with Gasteiger partial charge in [0.15, 0.2) is 0 Å². The van der Waals surface area contributed by atoms with Gasteiger partial charge >= 0.3 is 0 Å². The molecule has 0 aromatic carbocycles. The van der Waals surface area contributed by atoms with E-state index < -0.39 is 0 Å². The highest BCUT2D eigenvalue weighted by atomic mass is 15.3. The zero-order chi connectivity index (χ0) is 10.3. The van der Waals surface area contributed by atoms with Gasteiger partial charge in [-0.2, -0.15) is 5.26 Å². The SMILES string of the molecule is CCCCN(C)/C(=N/C#N)N(C)C. The Hall–Kier alpha value is -1.24. The Morgan fingerprint density at radius 1 is 1.38 bits per heavy atom. The van der Waals surface area contributed by atoms with Crippen molar-refractivity contribution in [2.75, 3.05) is 27.7 Å². The van der Waals surface area contributed by atoms with Gasteiger partial charge in [0.25, 0.3) is 0 Å². The molecule has 0 rings (SSSR count). The molecule has 0 unspecified atom stereocenters. The van der Waals surface area contributed by atoms with Crippen LogP contribution in [0.3, 0.4) is 0 Å². The first-order valence-electron chi connectivity index (χ1n) is 4.48. The summed E-state index contributed by atoms with van der Waals surface area (Å²) >= 11 is 0. The third kappa shape index (κ3) is 4.36. The quantitative estimate of drug-likeness (QED) is 0.373. The van der Waals surface area contributed by atoms with E-state index in [4.69, 9.17) is 5.26 Å². The summed E-state index contributed by atoms with van der Waals surface area (Å²) in [5, 5.41) is 8.47. The first-order chi connectivity index (χ1) is 6.13. The summed E-state index contributed by atoms with van der Waals surface area (Å²) < 4.78 is 0. The molecule has 4 nitrogen and oxygen atoms in total. The number of unbranched alkanes of at least 4 members (excludes halogenated alkanes) is 1. The van der Waals surface area contributed by atoms with Crippen LogP contribution >= 0.6 is 0 Å². The standard InChI is InChI=1S/C9H18N4/c1-5-6-7-13(4)9(11-8-10)12(2)3/h5-7H2,1-4H3/b11-9+. The van der Waals surface area contributed by atoms with Crippen molar-refractivity contribution in [1.82, 2.24) is 9.80 Å². The maximum Gasteiger partial charge on any atom is 0.211 e. The molecule has 13 heavy (non-hydrogen) atoms. The number of aliphatic imine (C=N–C) groups is 1. The van der Waals surface area contributed by atoms with Crippen LogP contribution < -0.4 is 0 Å². The average molecular weight is 182 g/mol. The highest BCUT2D eigenvalue weighted by Gasteiger charge is 2.07. The van der Waals surface area contributed by atoms with Gasteiger partial charge in [-0.15, -0.1) is 4.99 Å². The molecule has 4 heteroatoms. The lowest BCUT2D eigenvalue weighted by Gasteiger charge is -2.25. The summed E-state index contributed by atoms with van der Waals surface area (Å²) in [5.74, 6) is 0.718. The van der Waals surface area contributed by atoms with Crippen molar-refractivity contribution in [3.8, 4) is 6.19 Å². The molecule has 0 amide bonds. The Bertz CT molecular complexity index is 202. The Balaban J connectivity index is 4.23. The van der Waals surface area contributed by atoms with Gasteiger partial charge in [0.05, 0.1) is 0 Å². The summed E-state index contributed by atoms with van der Waals surface area (Å²) in [6.45, 7) is 3.08. The van der Waals surface area contributed by atoms with E-state index in [2.05, 4.69) is 11.9 Å². The molecule has 0 N–H and O–H groups in total. The predicted molar refractivity (Wildman–Crippen MR) is 54.3 cm³/mol. The maximum atomic E-state index is 8.47. The van der Waals surface area contributed by atoms with Crippen LogP contribution in [0, 0.1) is 11.5 Å². The van der Waals surface area contributed by atoms with Crippen LogP contribution in [0.2, 0.25) is 0 Å². The number of hydrogen-bond acceptors (Lipinski definition) is 2. The third-order valence-corrected chi connectivity index (χ3v) is 1.74. The van der Waals surface area contributed by atoms with E-state index >= 15 is 0 Å². The molecule has 0 saturated carbocycles. The Kier molecular flexibility index (Phi) is 5.69. The van der Waals surface area contributed by atoms with E-state index in [9.17, 15) is 0 Å². The molecule has 0 saturated heterocycles. The van der Waals surface area contributed by atoms with Crippen molar-refractivity contribution in [1.29, 1.82) is 5.26 Å². The van der Waals surface area contributed by atoms with Crippen LogP contribution in [0.1, 0.15) is 19.8 Å². The fraction of sp³-hybridized carbons (Fsp3) is 0.778. The molecule has 0 atom stereocenters. The fourth-order valence-electron chi connectivity index (χ4n) is 1.07. The number of nitrogens with zero attached hydrogens (tertiary/aromatic N) is 4. The Labute approximate surface area is 80.5 Å². The van der Waals surface area contributed by atoms with Crippen molar-refractivity contribution in [2.45, 2.75) is 19.8 Å². The van der Waals surface area contributed by atoms with Crippen LogP contribution in [-0.4, -0.2) is 43.4 Å². The molecule has 0 fully saturated rings. The summed E-state index contributed by atoms with van der Waals surface area (Å²) in [7, 11) is 5.73. The molecule has 0 aliphatic heterocycles. The maximum absolute atomic E-state index is 8.47. The minimum Gasteiger partial charge on any atom is -0.348 e. The van der Waals surface area contributed by atoms with E-state index in [1.807, 2.05) is 37.1 Å². The van der Waals surface area contributed by atoms with E-state index in [1.54, 1.807) is 0 Å². The molecule has 74 valence electrons. The number of nitriles is 1. The van der Waals surface area contributed by atoms with Crippen molar-refractivity contribution in [3.63, 3.8) is 0 Å². The number of guanidine groups is 1. The van der Waals surface area contributed by atoms with Crippen LogP contribution in [0.25, 0.3) is 0 Å². The lowest BCUT2D eigenvalue weighted by molar-refractivity contribution is 0.415. The zero-order valence-electron chi connectivity index (χ0n) is 8.91. The number of hydrogen-bond donors (Lipinski definition) is 0. The Morgan fingerprint density at radius 2 is 2.00 bits per heavy atom. The van der Waals surface area contributed by atoms with Gasteiger partial charge in [-0.3, -0.25) is 0 Å². The van der Waals surface area contributed by atoms with Gasteiger partial charge in [0, 0.05) is 27.7 Å². The molecular weight excluding hydrogens is 164 g/mol. The van der Waals surface area contributed by atoms with Crippen LogP contribution in [0.5, 0.6) is 0 Å². The van der Waals surface area contributed by atoms with E-state index in [1.165, 1.54) is 0 Å². The van der Waals surface area contributed by atoms with Crippen molar-refractivity contribution < 1.29 is 0 Å². The van der Waals surface area contributed by atoms with Gasteiger partial charge in [-0.05, 0) is 6.42 Å². The van der Waals surface area contributed by atoms with E-state index in [-0.39, 0.29) is 0 Å². The van der Waals surface area contributed by atoms with E-state index in [0.717, 1.165) is 25.3 Å². The van der Waals surface area contributed by atoms with Crippen molar-refractivity contribution >= 4 is 5.96 Å². The van der Waals surface area contributed by atoms with Gasteiger partial charge in [0.2, 0.25) is 12.2 Å². The van der Waals surface area contributed by atoms with Gasteiger partial charge in [-0.25, -0.2) is 0 Å². The highest BCUT2D eigenvalue weighted by molar-refractivity contribution is 5.80. The normalized spacial score (nSPS) is 10.8. The van der Waals surface area contributed by atoms with Crippen LogP contribution in [0.15, 0.2) is 4.99 Å². The molecule has 0 aromatic heterocycles. The molecule has 0 radical (unpaired) electrons. The number of rotatable bonds is 3. The lowest BCUT2D eigenvalue weighted by atomic mass is 10.3. The van der Waals surface area contributed by atoms with Crippen LogP contribution in [0.4, 0.5) is 0 Å². The largest absolute Gasteiger partial charge is 0.348 e. The lowest BCUT2D eigenvalue weighted by Crippen LogP contribution is -2.38. The van der Waals surface area contributed by atoms with Crippen molar-refractivity contribution in [2.24, 2.45) is 4.99 Å². The van der Waals surface area contributed by atoms with Gasteiger partial charge in [-0.1, -0.05) is 13.3 Å². The fourth-order valence-corrected chi connectivity index (χ4v) is 1.07. The average Bonchev–Trinajstić information content (AvgIpc) is 2.09. The summed E-state index contributed by atoms with van der Waals surface area (Å²) in [6.07, 6.45) is 4.08. The monoisotopic (exact) mass is 182 g/mol. The third-order valence-electron chi connectivity index (χ3n) is 1.74. The van der Waals surface area contributed by atoms with Crippen molar-refractivity contribution in [3.05, 3.63) is 0 Å². The molecule has 0 aliphatic rings. The molecule has 0 bridgehead atoms. The van der Waals surface area contributed by atoms with Gasteiger partial charge in [0.1, 0.15) is 0 Å². The second kappa shape index (κ2) is 6.30. The minimum absolute atomic E-state index is 0.718. The summed E-state index contributed by atoms with van der Waals surface area (Å²) in [4.78, 5) is 7.59. The Morgan fingerprint density at radius 3 is 2.38 bits per heavy atom. The summed E-state index contributed by atoms with van der Waals surface area (Å²) in [5.41, 5.74) is 0. The van der Waals surface area contributed by atoms with E-state index in [0.29, 0.717) is 0 Å². The topological polar surface area (TPSA) is 42.6 Å². The molecule has 0 heterocycles. The van der Waals surface area contributed by atoms with Crippen LogP contribution in [-0.2, 0) is 0 Å². The zero-order valence-corrected chi connectivity index (χ0v) is 8.91. The first-order valence-corrected chi connectivity index (χ1v) is 4.48. The molecular formula is C9H18N4. The predicted octanol–water partition coefficient (Wildman–Crippen LogP) is 1.12. The minimum atomic E-state index is 0.718. The second-order valence-electron chi connectivity index (χ2n) is 3.18. The smallest absolute Gasteiger partial charge is 0.211 e. The van der Waals surface area contributed by atoms with Gasteiger partial charge < -0.3 is 9.80 Å². The summed E-state index contributed by atoms with van der Waals surface area (Å²) in [6, 6.07) is 0.